The highest BCUT2D eigenvalue weighted by Crippen LogP contribution is 2.28. The Morgan fingerprint density at radius 1 is 1.04 bits per heavy atom. The first-order valence-corrected chi connectivity index (χ1v) is 11.6. The van der Waals surface area contributed by atoms with Gasteiger partial charge < -0.3 is 5.32 Å². The lowest BCUT2D eigenvalue weighted by Gasteiger charge is -2.39. The molecular weight excluding hydrogens is 364 g/mol. The van der Waals surface area contributed by atoms with E-state index in [0.29, 0.717) is 6.04 Å². The van der Waals surface area contributed by atoms with Crippen LogP contribution in [0.5, 0.6) is 0 Å². The van der Waals surface area contributed by atoms with E-state index < -0.39 is 0 Å². The minimum Gasteiger partial charge on any atom is -0.326 e. The molecule has 1 N–H and O–H groups in total. The molecule has 2 saturated heterocycles. The largest absolute Gasteiger partial charge is 0.326 e. The van der Waals surface area contributed by atoms with Crippen LogP contribution in [0.2, 0.25) is 0 Å². The van der Waals surface area contributed by atoms with Crippen LogP contribution in [0.15, 0.2) is 48.5 Å². The average molecular weight is 395 g/mol. The standard InChI is InChI=1S/C24H30N2OS/c1-18-5-2-6-19(15-18)20-7-3-9-22(16-20)25-24(27)21-8-4-12-26(17-21)23-10-13-28-14-11-23/h2-3,5-7,9,15-16,21,23H,4,8,10-14,17H2,1H3,(H,25,27). The van der Waals surface area contributed by atoms with Crippen molar-refractivity contribution in [2.45, 2.75) is 38.6 Å². The lowest BCUT2D eigenvalue weighted by molar-refractivity contribution is -0.121. The lowest BCUT2D eigenvalue weighted by Crippen LogP contribution is -2.47. The predicted molar refractivity (Wildman–Crippen MR) is 120 cm³/mol. The molecular formula is C24H30N2OS. The van der Waals surface area contributed by atoms with Crippen molar-refractivity contribution in [3.8, 4) is 11.1 Å². The SMILES string of the molecule is Cc1cccc(-c2cccc(NC(=O)C3CCCN(C4CCSCC4)C3)c2)c1. The van der Waals surface area contributed by atoms with Crippen molar-refractivity contribution in [3.63, 3.8) is 0 Å². The van der Waals surface area contributed by atoms with Crippen molar-refractivity contribution in [3.05, 3.63) is 54.1 Å². The van der Waals surface area contributed by atoms with Gasteiger partial charge in [0.25, 0.3) is 0 Å². The summed E-state index contributed by atoms with van der Waals surface area (Å²) in [5.74, 6) is 2.82. The summed E-state index contributed by atoms with van der Waals surface area (Å²) >= 11 is 2.07. The quantitative estimate of drug-likeness (QED) is 0.773. The van der Waals surface area contributed by atoms with Crippen LogP contribution in [-0.4, -0.2) is 41.4 Å². The number of hydrogen-bond acceptors (Lipinski definition) is 3. The van der Waals surface area contributed by atoms with Crippen molar-refractivity contribution in [1.82, 2.24) is 4.90 Å². The van der Waals surface area contributed by atoms with E-state index in [9.17, 15) is 4.79 Å². The number of benzene rings is 2. The number of nitrogens with one attached hydrogen (secondary N) is 1. The number of rotatable bonds is 4. The van der Waals surface area contributed by atoms with Crippen molar-refractivity contribution in [2.24, 2.45) is 5.92 Å². The predicted octanol–water partition coefficient (Wildman–Crippen LogP) is 5.21. The Bertz CT molecular complexity index is 816. The van der Waals surface area contributed by atoms with Crippen molar-refractivity contribution in [1.29, 1.82) is 0 Å². The number of aryl methyl sites for hydroxylation is 1. The maximum Gasteiger partial charge on any atom is 0.228 e. The second-order valence-corrected chi connectivity index (χ2v) is 9.34. The number of hydrogen-bond donors (Lipinski definition) is 1. The van der Waals surface area contributed by atoms with E-state index in [0.717, 1.165) is 37.2 Å². The Labute approximate surface area is 172 Å². The zero-order valence-corrected chi connectivity index (χ0v) is 17.5. The van der Waals surface area contributed by atoms with Crippen LogP contribution >= 0.6 is 11.8 Å². The summed E-state index contributed by atoms with van der Waals surface area (Å²) in [7, 11) is 0. The number of carbonyl (C=O) groups excluding carboxylic acids is 1. The maximum absolute atomic E-state index is 13.0. The van der Waals surface area contributed by atoms with E-state index in [-0.39, 0.29) is 11.8 Å². The minimum atomic E-state index is 0.103. The van der Waals surface area contributed by atoms with Crippen LogP contribution in [0.25, 0.3) is 11.1 Å². The van der Waals surface area contributed by atoms with Gasteiger partial charge in [-0.05, 0) is 73.9 Å². The van der Waals surface area contributed by atoms with Crippen LogP contribution in [-0.2, 0) is 4.79 Å². The number of carbonyl (C=O) groups is 1. The third-order valence-corrected chi connectivity index (χ3v) is 7.06. The van der Waals surface area contributed by atoms with Gasteiger partial charge in [-0.3, -0.25) is 9.69 Å². The molecule has 0 saturated carbocycles. The van der Waals surface area contributed by atoms with E-state index in [4.69, 9.17) is 0 Å². The van der Waals surface area contributed by atoms with Crippen molar-refractivity contribution >= 4 is 23.4 Å². The van der Waals surface area contributed by atoms with Gasteiger partial charge in [0.15, 0.2) is 0 Å². The van der Waals surface area contributed by atoms with E-state index in [1.807, 2.05) is 12.1 Å². The molecule has 0 aliphatic carbocycles. The Hall–Kier alpha value is -1.78. The summed E-state index contributed by atoms with van der Waals surface area (Å²) in [6, 6.07) is 17.4. The van der Waals surface area contributed by atoms with Gasteiger partial charge >= 0.3 is 0 Å². The second kappa shape index (κ2) is 9.15. The normalized spacial score (nSPS) is 21.4. The molecule has 148 valence electrons. The first-order chi connectivity index (χ1) is 13.7. The van der Waals surface area contributed by atoms with Crippen molar-refractivity contribution in [2.75, 3.05) is 29.9 Å². The molecule has 1 atom stereocenters. The molecule has 2 fully saturated rings. The fourth-order valence-electron chi connectivity index (χ4n) is 4.45. The topological polar surface area (TPSA) is 32.3 Å². The van der Waals surface area contributed by atoms with Gasteiger partial charge in [0, 0.05) is 18.3 Å². The summed E-state index contributed by atoms with van der Waals surface area (Å²) in [6.45, 7) is 4.18. The first kappa shape index (κ1) is 19.5. The highest BCUT2D eigenvalue weighted by molar-refractivity contribution is 7.99. The second-order valence-electron chi connectivity index (χ2n) is 8.12. The molecule has 2 aliphatic rings. The Morgan fingerprint density at radius 2 is 1.79 bits per heavy atom. The Balaban J connectivity index is 1.41. The molecule has 0 aromatic heterocycles. The molecule has 2 aliphatic heterocycles. The fourth-order valence-corrected chi connectivity index (χ4v) is 5.53. The van der Waals surface area contributed by atoms with Crippen LogP contribution in [0.4, 0.5) is 5.69 Å². The van der Waals surface area contributed by atoms with Gasteiger partial charge in [-0.25, -0.2) is 0 Å². The average Bonchev–Trinajstić information content (AvgIpc) is 2.75. The Morgan fingerprint density at radius 3 is 2.57 bits per heavy atom. The monoisotopic (exact) mass is 394 g/mol. The molecule has 28 heavy (non-hydrogen) atoms. The minimum absolute atomic E-state index is 0.103. The first-order valence-electron chi connectivity index (χ1n) is 10.5. The van der Waals surface area contributed by atoms with Gasteiger partial charge in [0.05, 0.1) is 5.92 Å². The fraction of sp³-hybridized carbons (Fsp3) is 0.458. The molecule has 0 radical (unpaired) electrons. The van der Waals surface area contributed by atoms with E-state index in [1.54, 1.807) is 0 Å². The number of anilines is 1. The van der Waals surface area contributed by atoms with Crippen LogP contribution in [0, 0.1) is 12.8 Å². The zero-order chi connectivity index (χ0) is 19.3. The molecule has 1 unspecified atom stereocenters. The molecule has 2 aromatic rings. The molecule has 4 rings (SSSR count). The summed E-state index contributed by atoms with van der Waals surface area (Å²) in [6.07, 6.45) is 4.68. The zero-order valence-electron chi connectivity index (χ0n) is 16.7. The highest BCUT2D eigenvalue weighted by Gasteiger charge is 2.30. The van der Waals surface area contributed by atoms with Gasteiger partial charge in [-0.15, -0.1) is 0 Å². The Kier molecular flexibility index (Phi) is 6.38. The van der Waals surface area contributed by atoms with Gasteiger partial charge in [-0.1, -0.05) is 42.0 Å². The number of thioether (sulfide) groups is 1. The van der Waals surface area contributed by atoms with Gasteiger partial charge in [-0.2, -0.15) is 11.8 Å². The van der Waals surface area contributed by atoms with Crippen LogP contribution in [0.3, 0.4) is 0 Å². The van der Waals surface area contributed by atoms with Crippen molar-refractivity contribution < 1.29 is 4.79 Å². The lowest BCUT2D eigenvalue weighted by atomic mass is 9.94. The van der Waals surface area contributed by atoms with E-state index >= 15 is 0 Å². The number of likely N-dealkylation sites (tertiary alicyclic amines) is 1. The molecule has 0 bridgehead atoms. The smallest absolute Gasteiger partial charge is 0.228 e. The molecule has 3 nitrogen and oxygen atoms in total. The molecule has 1 amide bonds. The van der Waals surface area contributed by atoms with Gasteiger partial charge in [0.1, 0.15) is 0 Å². The maximum atomic E-state index is 13.0. The van der Waals surface area contributed by atoms with E-state index in [2.05, 4.69) is 65.3 Å². The van der Waals surface area contributed by atoms with E-state index in [1.165, 1.54) is 35.5 Å². The number of nitrogens with zero attached hydrogens (tertiary/aromatic N) is 1. The molecule has 4 heteroatoms. The number of piperidine rings is 1. The summed E-state index contributed by atoms with van der Waals surface area (Å²) in [5.41, 5.74) is 4.48. The highest BCUT2D eigenvalue weighted by atomic mass is 32.2. The van der Waals surface area contributed by atoms with Crippen LogP contribution < -0.4 is 5.32 Å². The summed E-state index contributed by atoms with van der Waals surface area (Å²) in [5, 5.41) is 3.19. The number of amides is 1. The summed E-state index contributed by atoms with van der Waals surface area (Å²) < 4.78 is 0. The van der Waals surface area contributed by atoms with Gasteiger partial charge in [0.2, 0.25) is 5.91 Å². The third-order valence-electron chi connectivity index (χ3n) is 6.01. The third kappa shape index (κ3) is 4.79. The molecule has 2 heterocycles. The summed E-state index contributed by atoms with van der Waals surface area (Å²) in [4.78, 5) is 15.5. The van der Waals surface area contributed by atoms with Crippen LogP contribution in [0.1, 0.15) is 31.2 Å². The molecule has 0 spiro atoms. The molecule has 2 aromatic carbocycles.